The van der Waals surface area contributed by atoms with Gasteiger partial charge in [-0.1, -0.05) is 19.8 Å². The summed E-state index contributed by atoms with van der Waals surface area (Å²) in [7, 11) is -3.76. The predicted octanol–water partition coefficient (Wildman–Crippen LogP) is 2.09. The number of benzene rings is 1. The molecule has 0 unspecified atom stereocenters. The molecule has 0 aliphatic heterocycles. The van der Waals surface area contributed by atoms with Crippen molar-refractivity contribution in [3.05, 3.63) is 24.0 Å². The number of fused-ring (bicyclic) bond motifs is 1. The summed E-state index contributed by atoms with van der Waals surface area (Å²) in [6.07, 6.45) is 6.33. The molecule has 1 saturated carbocycles. The van der Waals surface area contributed by atoms with Crippen molar-refractivity contribution in [2.45, 2.75) is 69.4 Å². The number of aryl methyl sites for hydroxylation is 2. The van der Waals surface area contributed by atoms with Gasteiger partial charge in [0.25, 0.3) is 0 Å². The van der Waals surface area contributed by atoms with Crippen LogP contribution in [0.4, 0.5) is 0 Å². The molecule has 0 radical (unpaired) electrons. The van der Waals surface area contributed by atoms with Gasteiger partial charge in [-0.15, -0.1) is 0 Å². The van der Waals surface area contributed by atoms with E-state index in [0.29, 0.717) is 24.4 Å². The zero-order valence-corrected chi connectivity index (χ0v) is 15.9. The fourth-order valence-electron chi connectivity index (χ4n) is 3.60. The number of carbonyl (C=O) groups is 1. The molecular weight excluding hydrogens is 352 g/mol. The van der Waals surface area contributed by atoms with Gasteiger partial charge in [-0.2, -0.15) is 0 Å². The van der Waals surface area contributed by atoms with Crippen LogP contribution in [0.5, 0.6) is 0 Å². The highest BCUT2D eigenvalue weighted by Crippen LogP contribution is 2.22. The van der Waals surface area contributed by atoms with Crippen LogP contribution in [0.3, 0.4) is 0 Å². The third-order valence-electron chi connectivity index (χ3n) is 4.87. The van der Waals surface area contributed by atoms with Crippen LogP contribution in [0.1, 0.15) is 51.3 Å². The number of aromatic nitrogens is 2. The quantitative estimate of drug-likeness (QED) is 0.769. The molecule has 0 bridgehead atoms. The lowest BCUT2D eigenvalue weighted by atomic mass is 10.2. The van der Waals surface area contributed by atoms with Crippen molar-refractivity contribution >= 4 is 27.0 Å². The summed E-state index contributed by atoms with van der Waals surface area (Å²) < 4.78 is 25.2. The highest BCUT2D eigenvalue weighted by Gasteiger charge is 2.18. The van der Waals surface area contributed by atoms with Gasteiger partial charge >= 0.3 is 0 Å². The zero-order valence-electron chi connectivity index (χ0n) is 15.1. The number of nitrogens with zero attached hydrogens (tertiary/aromatic N) is 2. The van der Waals surface area contributed by atoms with Gasteiger partial charge < -0.3 is 9.88 Å². The van der Waals surface area contributed by atoms with Crippen molar-refractivity contribution in [1.82, 2.24) is 14.9 Å². The average Bonchev–Trinajstić information content (AvgIpc) is 3.20. The van der Waals surface area contributed by atoms with Crippen LogP contribution in [0.2, 0.25) is 0 Å². The normalized spacial score (nSPS) is 15.6. The molecule has 1 aliphatic rings. The lowest BCUT2D eigenvalue weighted by Gasteiger charge is -2.12. The van der Waals surface area contributed by atoms with E-state index in [1.54, 1.807) is 6.07 Å². The molecule has 1 aromatic heterocycles. The lowest BCUT2D eigenvalue weighted by Crippen LogP contribution is -2.32. The first-order valence-electron chi connectivity index (χ1n) is 9.20. The fraction of sp³-hybridized carbons (Fsp3) is 0.556. The number of sulfonamides is 1. The minimum absolute atomic E-state index is 0.0525. The van der Waals surface area contributed by atoms with Crippen LogP contribution in [0, 0.1) is 0 Å². The monoisotopic (exact) mass is 378 g/mol. The topological polar surface area (TPSA) is 107 Å². The van der Waals surface area contributed by atoms with Crippen LogP contribution >= 0.6 is 0 Å². The largest absolute Gasteiger partial charge is 0.353 e. The third kappa shape index (κ3) is 4.24. The maximum atomic E-state index is 12.2. The van der Waals surface area contributed by atoms with E-state index in [9.17, 15) is 13.2 Å². The molecule has 1 aliphatic carbocycles. The molecule has 7 nitrogen and oxygen atoms in total. The Morgan fingerprint density at radius 1 is 1.35 bits per heavy atom. The number of imidazole rings is 1. The van der Waals surface area contributed by atoms with Crippen LogP contribution in [-0.2, 0) is 27.8 Å². The van der Waals surface area contributed by atoms with Crippen LogP contribution in [-0.4, -0.2) is 29.9 Å². The third-order valence-corrected chi connectivity index (χ3v) is 5.78. The van der Waals surface area contributed by atoms with Crippen molar-refractivity contribution in [1.29, 1.82) is 0 Å². The number of primary sulfonamides is 1. The number of carbonyl (C=O) groups excluding carboxylic acids is 1. The Kier molecular flexibility index (Phi) is 5.62. The van der Waals surface area contributed by atoms with E-state index in [-0.39, 0.29) is 10.8 Å². The summed E-state index contributed by atoms with van der Waals surface area (Å²) in [5.41, 5.74) is 1.46. The van der Waals surface area contributed by atoms with Gasteiger partial charge in [0.1, 0.15) is 5.82 Å². The number of hydrogen-bond donors (Lipinski definition) is 2. The Hall–Kier alpha value is -1.93. The Labute approximate surface area is 154 Å². The van der Waals surface area contributed by atoms with E-state index in [1.807, 2.05) is 0 Å². The van der Waals surface area contributed by atoms with Gasteiger partial charge in [-0.3, -0.25) is 4.79 Å². The first-order chi connectivity index (χ1) is 12.4. The molecule has 8 heteroatoms. The number of nitrogens with two attached hydrogens (primary N) is 1. The van der Waals surface area contributed by atoms with E-state index in [0.717, 1.165) is 37.1 Å². The van der Waals surface area contributed by atoms with E-state index >= 15 is 0 Å². The Balaban J connectivity index is 1.79. The molecule has 142 valence electrons. The van der Waals surface area contributed by atoms with E-state index in [1.165, 1.54) is 25.0 Å². The van der Waals surface area contributed by atoms with Gasteiger partial charge in [-0.05, 0) is 37.5 Å². The summed E-state index contributed by atoms with van der Waals surface area (Å²) in [5.74, 6) is 0.854. The first-order valence-corrected chi connectivity index (χ1v) is 10.7. The maximum Gasteiger partial charge on any atom is 0.238 e. The highest BCUT2D eigenvalue weighted by molar-refractivity contribution is 7.89. The summed E-state index contributed by atoms with van der Waals surface area (Å²) in [6, 6.07) is 5.05. The average molecular weight is 378 g/mol. The standard InChI is InChI=1S/C18H26N4O3S/c1-2-11-22-16-8-7-14(26(19,24)25)12-15(16)21-17(22)9-10-18(23)20-13-5-3-4-6-13/h7-8,12-13H,2-6,9-11H2,1H3,(H,20,23)(H2,19,24,25). The van der Waals surface area contributed by atoms with Crippen LogP contribution in [0.15, 0.2) is 23.1 Å². The molecule has 1 aromatic carbocycles. The molecular formula is C18H26N4O3S. The molecule has 3 rings (SSSR count). The second-order valence-corrected chi connectivity index (χ2v) is 8.49. The molecule has 1 amide bonds. The second-order valence-electron chi connectivity index (χ2n) is 6.92. The molecule has 2 aromatic rings. The Morgan fingerprint density at radius 3 is 2.73 bits per heavy atom. The molecule has 0 saturated heterocycles. The summed E-state index contributed by atoms with van der Waals surface area (Å²) in [6.45, 7) is 2.84. The van der Waals surface area contributed by atoms with Crippen molar-refractivity contribution in [2.75, 3.05) is 0 Å². The predicted molar refractivity (Wildman–Crippen MR) is 100 cm³/mol. The minimum Gasteiger partial charge on any atom is -0.353 e. The van der Waals surface area contributed by atoms with Gasteiger partial charge in [0.05, 0.1) is 15.9 Å². The number of nitrogens with one attached hydrogen (secondary N) is 1. The lowest BCUT2D eigenvalue weighted by molar-refractivity contribution is -0.121. The van der Waals surface area contributed by atoms with Crippen molar-refractivity contribution in [3.63, 3.8) is 0 Å². The maximum absolute atomic E-state index is 12.2. The Morgan fingerprint density at radius 2 is 2.08 bits per heavy atom. The fourth-order valence-corrected chi connectivity index (χ4v) is 4.13. The minimum atomic E-state index is -3.76. The summed E-state index contributed by atoms with van der Waals surface area (Å²) in [5, 5.41) is 8.30. The number of amides is 1. The molecule has 26 heavy (non-hydrogen) atoms. The van der Waals surface area contributed by atoms with Gasteiger partial charge in [0.15, 0.2) is 0 Å². The van der Waals surface area contributed by atoms with Crippen molar-refractivity contribution in [3.8, 4) is 0 Å². The first kappa shape index (κ1) is 18.8. The van der Waals surface area contributed by atoms with Crippen LogP contribution < -0.4 is 10.5 Å². The van der Waals surface area contributed by atoms with Crippen LogP contribution in [0.25, 0.3) is 11.0 Å². The molecule has 0 atom stereocenters. The van der Waals surface area contributed by atoms with Crippen molar-refractivity contribution in [2.24, 2.45) is 5.14 Å². The number of hydrogen-bond acceptors (Lipinski definition) is 4. The molecule has 3 N–H and O–H groups in total. The van der Waals surface area contributed by atoms with E-state index in [4.69, 9.17) is 5.14 Å². The van der Waals surface area contributed by atoms with E-state index < -0.39 is 10.0 Å². The number of rotatable bonds is 7. The SMILES string of the molecule is CCCn1c(CCC(=O)NC2CCCC2)nc2cc(S(N)(=O)=O)ccc21. The van der Waals surface area contributed by atoms with Gasteiger partial charge in [-0.25, -0.2) is 18.5 Å². The van der Waals surface area contributed by atoms with Gasteiger partial charge in [0.2, 0.25) is 15.9 Å². The van der Waals surface area contributed by atoms with E-state index in [2.05, 4.69) is 21.8 Å². The molecule has 1 heterocycles. The zero-order chi connectivity index (χ0) is 18.7. The van der Waals surface area contributed by atoms with Gasteiger partial charge in [0, 0.05) is 25.4 Å². The molecule has 0 spiro atoms. The smallest absolute Gasteiger partial charge is 0.238 e. The second kappa shape index (κ2) is 7.75. The summed E-state index contributed by atoms with van der Waals surface area (Å²) >= 11 is 0. The molecule has 1 fully saturated rings. The Bertz CT molecular complexity index is 899. The van der Waals surface area contributed by atoms with Crippen molar-refractivity contribution < 1.29 is 13.2 Å². The highest BCUT2D eigenvalue weighted by atomic mass is 32.2. The summed E-state index contributed by atoms with van der Waals surface area (Å²) in [4.78, 5) is 16.8.